The lowest BCUT2D eigenvalue weighted by Gasteiger charge is -2.03. The Bertz CT molecular complexity index is 245. The van der Waals surface area contributed by atoms with E-state index in [1.807, 2.05) is 0 Å². The molecule has 0 spiro atoms. The van der Waals surface area contributed by atoms with E-state index >= 15 is 0 Å². The van der Waals surface area contributed by atoms with Crippen LogP contribution < -0.4 is 0 Å². The number of hydrogen-bond donors (Lipinski definition) is 0. The Morgan fingerprint density at radius 1 is 1.62 bits per heavy atom. The van der Waals surface area contributed by atoms with E-state index in [-0.39, 0.29) is 25.6 Å². The number of ether oxygens (including phenoxy) is 2. The van der Waals surface area contributed by atoms with Gasteiger partial charge in [0.1, 0.15) is 12.5 Å². The summed E-state index contributed by atoms with van der Waals surface area (Å²) in [5, 5.41) is 0. The van der Waals surface area contributed by atoms with Crippen LogP contribution in [-0.2, 0) is 23.9 Å². The summed E-state index contributed by atoms with van der Waals surface area (Å²) in [6, 6.07) is 0. The fourth-order valence-electron chi connectivity index (χ4n) is 1.04. The quantitative estimate of drug-likeness (QED) is 0.332. The molecule has 0 N–H and O–H groups in total. The first-order chi connectivity index (χ1) is 6.16. The van der Waals surface area contributed by atoms with Crippen molar-refractivity contribution < 1.29 is 23.9 Å². The van der Waals surface area contributed by atoms with Gasteiger partial charge in [0.2, 0.25) is 0 Å². The molecule has 0 aromatic heterocycles. The van der Waals surface area contributed by atoms with Crippen LogP contribution in [0.1, 0.15) is 6.92 Å². The standard InChI is InChI=1S/C8H10O5/c1-2-13-8(11)7(10)5-3-12-4-6(5)9/h5H,2-4H2,1H3/t5-/m1/s1. The average molecular weight is 186 g/mol. The summed E-state index contributed by atoms with van der Waals surface area (Å²) in [5.74, 6) is -3.05. The number of carbonyl (C=O) groups is 3. The van der Waals surface area contributed by atoms with Crippen molar-refractivity contribution in [2.45, 2.75) is 6.92 Å². The van der Waals surface area contributed by atoms with Crippen LogP contribution >= 0.6 is 0 Å². The predicted octanol–water partition coefficient (Wildman–Crippen LogP) is -0.666. The van der Waals surface area contributed by atoms with Gasteiger partial charge in [-0.3, -0.25) is 9.59 Å². The number of esters is 1. The van der Waals surface area contributed by atoms with Gasteiger partial charge < -0.3 is 9.47 Å². The fourth-order valence-corrected chi connectivity index (χ4v) is 1.04. The first-order valence-electron chi connectivity index (χ1n) is 3.98. The minimum Gasteiger partial charge on any atom is -0.460 e. The first-order valence-corrected chi connectivity index (χ1v) is 3.98. The number of carbonyl (C=O) groups excluding carboxylic acids is 3. The van der Waals surface area contributed by atoms with Gasteiger partial charge in [-0.2, -0.15) is 0 Å². The van der Waals surface area contributed by atoms with Crippen molar-refractivity contribution in [3.8, 4) is 0 Å². The molecular formula is C8H10O5. The maximum Gasteiger partial charge on any atom is 0.375 e. The zero-order chi connectivity index (χ0) is 9.84. The number of hydrogen-bond acceptors (Lipinski definition) is 5. The van der Waals surface area contributed by atoms with Crippen LogP contribution in [0.15, 0.2) is 0 Å². The van der Waals surface area contributed by atoms with Gasteiger partial charge in [0, 0.05) is 0 Å². The molecule has 0 aliphatic carbocycles. The lowest BCUT2D eigenvalue weighted by Crippen LogP contribution is -2.30. The summed E-state index contributed by atoms with van der Waals surface area (Å²) in [6.07, 6.45) is 0. The molecule has 1 rings (SSSR count). The molecule has 0 saturated carbocycles. The molecule has 5 heteroatoms. The monoisotopic (exact) mass is 186 g/mol. The molecule has 0 aromatic carbocycles. The van der Waals surface area contributed by atoms with Gasteiger partial charge in [0.15, 0.2) is 5.78 Å². The van der Waals surface area contributed by atoms with Crippen LogP contribution in [0.5, 0.6) is 0 Å². The summed E-state index contributed by atoms with van der Waals surface area (Å²) >= 11 is 0. The third kappa shape index (κ3) is 2.12. The molecule has 0 aromatic rings. The topological polar surface area (TPSA) is 69.7 Å². The van der Waals surface area contributed by atoms with Crippen LogP contribution in [0.4, 0.5) is 0 Å². The van der Waals surface area contributed by atoms with E-state index in [1.54, 1.807) is 6.92 Å². The number of Topliss-reactive ketones (excluding diaryl/α,β-unsaturated/α-hetero) is 2. The molecule has 0 radical (unpaired) electrons. The Morgan fingerprint density at radius 3 is 2.77 bits per heavy atom. The second-order valence-corrected chi connectivity index (χ2v) is 2.62. The van der Waals surface area contributed by atoms with Crippen LogP contribution in [0.25, 0.3) is 0 Å². The second kappa shape index (κ2) is 4.13. The highest BCUT2D eigenvalue weighted by molar-refractivity contribution is 6.38. The molecule has 1 saturated heterocycles. The number of ketones is 2. The Labute approximate surface area is 75.0 Å². The zero-order valence-electron chi connectivity index (χ0n) is 7.24. The zero-order valence-corrected chi connectivity index (χ0v) is 7.24. The van der Waals surface area contributed by atoms with Crippen molar-refractivity contribution in [1.82, 2.24) is 0 Å². The van der Waals surface area contributed by atoms with Gasteiger partial charge in [-0.15, -0.1) is 0 Å². The van der Waals surface area contributed by atoms with E-state index < -0.39 is 17.7 Å². The minimum absolute atomic E-state index is 0.00349. The van der Waals surface area contributed by atoms with Gasteiger partial charge in [0.05, 0.1) is 13.2 Å². The highest BCUT2D eigenvalue weighted by Crippen LogP contribution is 2.10. The van der Waals surface area contributed by atoms with Crippen molar-refractivity contribution in [3.63, 3.8) is 0 Å². The van der Waals surface area contributed by atoms with Gasteiger partial charge in [-0.25, -0.2) is 4.79 Å². The highest BCUT2D eigenvalue weighted by atomic mass is 16.5. The van der Waals surface area contributed by atoms with E-state index in [0.29, 0.717) is 0 Å². The van der Waals surface area contributed by atoms with Gasteiger partial charge in [-0.05, 0) is 6.92 Å². The SMILES string of the molecule is CCOC(=O)C(=O)[C@@H]1COCC1=O. The molecule has 1 fully saturated rings. The maximum atomic E-state index is 11.2. The summed E-state index contributed by atoms with van der Waals surface area (Å²) in [4.78, 5) is 33.0. The van der Waals surface area contributed by atoms with E-state index in [4.69, 9.17) is 4.74 Å². The van der Waals surface area contributed by atoms with Gasteiger partial charge in [-0.1, -0.05) is 0 Å². The van der Waals surface area contributed by atoms with Crippen molar-refractivity contribution in [1.29, 1.82) is 0 Å². The van der Waals surface area contributed by atoms with Gasteiger partial charge >= 0.3 is 5.97 Å². The smallest absolute Gasteiger partial charge is 0.375 e. The molecule has 1 heterocycles. The summed E-state index contributed by atoms with van der Waals surface area (Å²) in [7, 11) is 0. The Kier molecular flexibility index (Phi) is 3.13. The molecule has 0 unspecified atom stereocenters. The van der Waals surface area contributed by atoms with Crippen molar-refractivity contribution in [3.05, 3.63) is 0 Å². The highest BCUT2D eigenvalue weighted by Gasteiger charge is 2.36. The lowest BCUT2D eigenvalue weighted by atomic mass is 10.0. The van der Waals surface area contributed by atoms with Crippen molar-refractivity contribution >= 4 is 17.5 Å². The maximum absolute atomic E-state index is 11.2. The molecular weight excluding hydrogens is 176 g/mol. The largest absolute Gasteiger partial charge is 0.460 e. The minimum atomic E-state index is -0.952. The number of rotatable bonds is 3. The Hall–Kier alpha value is -1.23. The summed E-state index contributed by atoms with van der Waals surface area (Å²) in [6.45, 7) is 1.64. The second-order valence-electron chi connectivity index (χ2n) is 2.62. The van der Waals surface area contributed by atoms with Crippen molar-refractivity contribution in [2.24, 2.45) is 5.92 Å². The molecule has 1 aliphatic rings. The summed E-state index contributed by atoms with van der Waals surface area (Å²) in [5.41, 5.74) is 0. The lowest BCUT2D eigenvalue weighted by molar-refractivity contribution is -0.156. The first kappa shape index (κ1) is 9.85. The van der Waals surface area contributed by atoms with Crippen molar-refractivity contribution in [2.75, 3.05) is 19.8 Å². The van der Waals surface area contributed by atoms with Crippen LogP contribution in [-0.4, -0.2) is 37.4 Å². The third-order valence-electron chi connectivity index (χ3n) is 1.71. The normalized spacial score (nSPS) is 21.6. The van der Waals surface area contributed by atoms with E-state index in [9.17, 15) is 14.4 Å². The van der Waals surface area contributed by atoms with Crippen LogP contribution in [0.3, 0.4) is 0 Å². The fraction of sp³-hybridized carbons (Fsp3) is 0.625. The van der Waals surface area contributed by atoms with Crippen LogP contribution in [0.2, 0.25) is 0 Å². The molecule has 0 bridgehead atoms. The molecule has 72 valence electrons. The molecule has 1 aliphatic heterocycles. The third-order valence-corrected chi connectivity index (χ3v) is 1.71. The van der Waals surface area contributed by atoms with Gasteiger partial charge in [0.25, 0.3) is 5.78 Å². The molecule has 13 heavy (non-hydrogen) atoms. The summed E-state index contributed by atoms with van der Waals surface area (Å²) < 4.78 is 9.21. The molecule has 5 nitrogen and oxygen atoms in total. The van der Waals surface area contributed by atoms with E-state index in [1.165, 1.54) is 0 Å². The van der Waals surface area contributed by atoms with Crippen LogP contribution in [0, 0.1) is 5.92 Å². The molecule has 0 amide bonds. The Balaban J connectivity index is 2.56. The predicted molar refractivity (Wildman–Crippen MR) is 41.0 cm³/mol. The van der Waals surface area contributed by atoms with E-state index in [0.717, 1.165) is 0 Å². The molecule has 1 atom stereocenters. The van der Waals surface area contributed by atoms with E-state index in [2.05, 4.69) is 4.74 Å². The average Bonchev–Trinajstić information content (AvgIpc) is 2.50. The Morgan fingerprint density at radius 2 is 2.31 bits per heavy atom.